The summed E-state index contributed by atoms with van der Waals surface area (Å²) in [6.45, 7) is 6.25. The number of aliphatic hydroxyl groups is 1. The van der Waals surface area contributed by atoms with E-state index < -0.39 is 0 Å². The molecule has 2 atom stereocenters. The van der Waals surface area contributed by atoms with E-state index in [1.807, 2.05) is 13.8 Å². The summed E-state index contributed by atoms with van der Waals surface area (Å²) in [4.78, 5) is 4.37. The highest BCUT2D eigenvalue weighted by Gasteiger charge is 2.47. The monoisotopic (exact) mass is 397 g/mol. The Morgan fingerprint density at radius 1 is 1.40 bits per heavy atom. The summed E-state index contributed by atoms with van der Waals surface area (Å²) in [6, 6.07) is 0.291. The molecule has 1 spiro atoms. The van der Waals surface area contributed by atoms with Crippen LogP contribution in [0.1, 0.15) is 39.5 Å². The average Bonchev–Trinajstić information content (AvgIpc) is 2.65. The Morgan fingerprint density at radius 2 is 2.05 bits per heavy atom. The normalized spacial score (nSPS) is 29.5. The van der Waals surface area contributed by atoms with Crippen molar-refractivity contribution in [3.05, 3.63) is 0 Å². The number of hydrogen-bond donors (Lipinski definition) is 3. The van der Waals surface area contributed by atoms with Gasteiger partial charge < -0.3 is 20.9 Å². The van der Waals surface area contributed by atoms with Crippen LogP contribution in [0, 0.1) is 11.3 Å². The molecular weight excluding hydrogens is 369 g/mol. The molecule has 20 heavy (non-hydrogen) atoms. The van der Waals surface area contributed by atoms with E-state index in [2.05, 4.69) is 10.3 Å². The van der Waals surface area contributed by atoms with Gasteiger partial charge in [-0.15, -0.1) is 24.0 Å². The Balaban J connectivity index is 0.00000200. The number of aliphatic hydroxyl groups excluding tert-OH is 1. The first-order valence-corrected chi connectivity index (χ1v) is 7.36. The second-order valence-corrected chi connectivity index (χ2v) is 6.24. The molecule has 4 N–H and O–H groups in total. The summed E-state index contributed by atoms with van der Waals surface area (Å²) in [5, 5.41) is 13.7. The predicted octanol–water partition coefficient (Wildman–Crippen LogP) is 1.48. The van der Waals surface area contributed by atoms with E-state index >= 15 is 0 Å². The van der Waals surface area contributed by atoms with E-state index in [1.54, 1.807) is 0 Å². The first kappa shape index (κ1) is 18.0. The molecule has 5 nitrogen and oxygen atoms in total. The highest BCUT2D eigenvalue weighted by molar-refractivity contribution is 14.0. The lowest BCUT2D eigenvalue weighted by molar-refractivity contribution is -0.0548. The fourth-order valence-corrected chi connectivity index (χ4v) is 3.35. The van der Waals surface area contributed by atoms with Crippen molar-refractivity contribution in [3.8, 4) is 0 Å². The summed E-state index contributed by atoms with van der Waals surface area (Å²) in [6.07, 6.45) is 3.84. The number of hydrogen-bond acceptors (Lipinski definition) is 3. The maximum absolute atomic E-state index is 10.6. The second-order valence-electron chi connectivity index (χ2n) is 6.24. The summed E-state index contributed by atoms with van der Waals surface area (Å²) < 4.78 is 5.41. The molecule has 0 radical (unpaired) electrons. The second kappa shape index (κ2) is 7.79. The van der Waals surface area contributed by atoms with E-state index in [9.17, 15) is 5.11 Å². The molecule has 1 aliphatic carbocycles. The van der Waals surface area contributed by atoms with Crippen LogP contribution in [-0.2, 0) is 4.74 Å². The van der Waals surface area contributed by atoms with Crippen LogP contribution in [0.5, 0.6) is 0 Å². The van der Waals surface area contributed by atoms with Gasteiger partial charge in [-0.1, -0.05) is 0 Å². The minimum atomic E-state index is -0.257. The van der Waals surface area contributed by atoms with Crippen molar-refractivity contribution in [2.45, 2.75) is 51.7 Å². The zero-order valence-corrected chi connectivity index (χ0v) is 14.8. The molecule has 1 saturated carbocycles. The Kier molecular flexibility index (Phi) is 7.00. The van der Waals surface area contributed by atoms with Crippen LogP contribution in [0.25, 0.3) is 0 Å². The Labute approximate surface area is 138 Å². The van der Waals surface area contributed by atoms with Crippen LogP contribution < -0.4 is 11.1 Å². The lowest BCUT2D eigenvalue weighted by atomic mass is 9.76. The molecule has 0 bridgehead atoms. The zero-order valence-electron chi connectivity index (χ0n) is 12.5. The standard InChI is InChI=1S/C14H27N3O2.HI/c1-10(2)17-13(15)16-9-11-3-4-14(12(11)18)5-7-19-8-6-14;/h10-12,18H,3-9H2,1-2H3,(H3,15,16,17);1H. The summed E-state index contributed by atoms with van der Waals surface area (Å²) in [7, 11) is 0. The highest BCUT2D eigenvalue weighted by atomic mass is 127. The number of nitrogens with two attached hydrogens (primary N) is 1. The maximum atomic E-state index is 10.6. The van der Waals surface area contributed by atoms with Gasteiger partial charge in [0, 0.05) is 37.1 Å². The van der Waals surface area contributed by atoms with Crippen molar-refractivity contribution in [1.82, 2.24) is 5.32 Å². The smallest absolute Gasteiger partial charge is 0.188 e. The predicted molar refractivity (Wildman–Crippen MR) is 91.4 cm³/mol. The number of nitrogens with zero attached hydrogens (tertiary/aromatic N) is 1. The number of guanidine groups is 1. The Hall–Kier alpha value is -0.0800. The third-order valence-corrected chi connectivity index (χ3v) is 4.51. The van der Waals surface area contributed by atoms with Crippen LogP contribution in [0.4, 0.5) is 0 Å². The van der Waals surface area contributed by atoms with Gasteiger partial charge in [-0.25, -0.2) is 0 Å². The zero-order chi connectivity index (χ0) is 13.9. The third kappa shape index (κ3) is 4.21. The van der Waals surface area contributed by atoms with Crippen LogP contribution in [0.3, 0.4) is 0 Å². The van der Waals surface area contributed by atoms with Gasteiger partial charge >= 0.3 is 0 Å². The van der Waals surface area contributed by atoms with Gasteiger partial charge in [0.1, 0.15) is 0 Å². The highest BCUT2D eigenvalue weighted by Crippen LogP contribution is 2.48. The molecule has 0 aromatic rings. The number of halogens is 1. The molecular formula is C14H28IN3O2. The molecule has 1 aliphatic heterocycles. The van der Waals surface area contributed by atoms with Gasteiger partial charge in [-0.2, -0.15) is 0 Å². The summed E-state index contributed by atoms with van der Waals surface area (Å²) in [5.41, 5.74) is 5.89. The largest absolute Gasteiger partial charge is 0.392 e. The van der Waals surface area contributed by atoms with Crippen molar-refractivity contribution in [1.29, 1.82) is 0 Å². The van der Waals surface area contributed by atoms with Crippen molar-refractivity contribution in [2.75, 3.05) is 19.8 Å². The fourth-order valence-electron chi connectivity index (χ4n) is 3.35. The molecule has 1 saturated heterocycles. The molecule has 0 aromatic carbocycles. The Bertz CT molecular complexity index is 330. The topological polar surface area (TPSA) is 79.9 Å². The molecule has 118 valence electrons. The van der Waals surface area contributed by atoms with Crippen molar-refractivity contribution in [2.24, 2.45) is 22.1 Å². The molecule has 1 heterocycles. The summed E-state index contributed by atoms with van der Waals surface area (Å²) in [5.74, 6) is 0.723. The van der Waals surface area contributed by atoms with E-state index in [0.29, 0.717) is 18.5 Å². The van der Waals surface area contributed by atoms with E-state index in [4.69, 9.17) is 10.5 Å². The van der Waals surface area contributed by atoms with Crippen molar-refractivity contribution < 1.29 is 9.84 Å². The number of rotatable bonds is 3. The first-order valence-electron chi connectivity index (χ1n) is 7.36. The van der Waals surface area contributed by atoms with Crippen molar-refractivity contribution in [3.63, 3.8) is 0 Å². The van der Waals surface area contributed by atoms with Crippen LogP contribution >= 0.6 is 24.0 Å². The van der Waals surface area contributed by atoms with Gasteiger partial charge in [0.15, 0.2) is 5.96 Å². The molecule has 0 amide bonds. The van der Waals surface area contributed by atoms with Crippen LogP contribution in [0.15, 0.2) is 4.99 Å². The third-order valence-electron chi connectivity index (χ3n) is 4.51. The lowest BCUT2D eigenvalue weighted by Crippen LogP contribution is -2.40. The summed E-state index contributed by atoms with van der Waals surface area (Å²) >= 11 is 0. The molecule has 2 unspecified atom stereocenters. The number of aliphatic imine (C=N–C) groups is 1. The van der Waals surface area contributed by atoms with Gasteiger partial charge in [-0.05, 0) is 39.5 Å². The van der Waals surface area contributed by atoms with E-state index in [-0.39, 0.29) is 41.4 Å². The van der Waals surface area contributed by atoms with E-state index in [1.165, 1.54) is 0 Å². The minimum Gasteiger partial charge on any atom is -0.392 e. The fraction of sp³-hybridized carbons (Fsp3) is 0.929. The molecule has 6 heteroatoms. The van der Waals surface area contributed by atoms with Crippen LogP contribution in [0.2, 0.25) is 0 Å². The molecule has 2 rings (SSSR count). The minimum absolute atomic E-state index is 0. The number of ether oxygens (including phenoxy) is 1. The van der Waals surface area contributed by atoms with Crippen LogP contribution in [-0.4, -0.2) is 43.0 Å². The SMILES string of the molecule is CC(C)NC(N)=NCC1CCC2(CCOCC2)C1O.I. The van der Waals surface area contributed by atoms with E-state index in [0.717, 1.165) is 38.9 Å². The van der Waals surface area contributed by atoms with Gasteiger partial charge in [-0.3, -0.25) is 4.99 Å². The van der Waals surface area contributed by atoms with Crippen molar-refractivity contribution >= 4 is 29.9 Å². The first-order chi connectivity index (χ1) is 9.03. The van der Waals surface area contributed by atoms with Gasteiger partial charge in [0.05, 0.1) is 6.10 Å². The Morgan fingerprint density at radius 3 is 2.65 bits per heavy atom. The quantitative estimate of drug-likeness (QED) is 0.383. The average molecular weight is 397 g/mol. The van der Waals surface area contributed by atoms with Gasteiger partial charge in [0.2, 0.25) is 0 Å². The maximum Gasteiger partial charge on any atom is 0.188 e. The molecule has 2 fully saturated rings. The molecule has 0 aromatic heterocycles. The van der Waals surface area contributed by atoms with Gasteiger partial charge in [0.25, 0.3) is 0 Å². The lowest BCUT2D eigenvalue weighted by Gasteiger charge is -2.37. The molecule has 2 aliphatic rings. The number of nitrogens with one attached hydrogen (secondary N) is 1.